The Bertz CT molecular complexity index is 929. The minimum absolute atomic E-state index is 0.280. The molecule has 3 aromatic rings. The molecule has 1 aliphatic heterocycles. The number of carbonyl (C=O) groups excluding carboxylic acids is 2. The van der Waals surface area contributed by atoms with Gasteiger partial charge in [0.1, 0.15) is 6.61 Å². The average molecular weight is 375 g/mol. The molecule has 0 spiro atoms. The van der Waals surface area contributed by atoms with Gasteiger partial charge in [0.15, 0.2) is 5.60 Å². The summed E-state index contributed by atoms with van der Waals surface area (Å²) in [6, 6.07) is 24.5. The number of benzene rings is 3. The Kier molecular flexibility index (Phi) is 4.75. The first-order chi connectivity index (χ1) is 13.7. The van der Waals surface area contributed by atoms with E-state index in [1.807, 2.05) is 12.1 Å². The van der Waals surface area contributed by atoms with Gasteiger partial charge in [-0.3, -0.25) is 19.7 Å². The lowest BCUT2D eigenvalue weighted by Gasteiger charge is -2.32. The van der Waals surface area contributed by atoms with E-state index in [0.717, 1.165) is 0 Å². The molecule has 28 heavy (non-hydrogen) atoms. The molecule has 3 aromatic carbocycles. The van der Waals surface area contributed by atoms with E-state index in [1.54, 1.807) is 72.8 Å². The molecule has 0 fully saturated rings. The number of imide groups is 1. The molecule has 1 aliphatic rings. The molecular weight excluding hydrogens is 358 g/mol. The van der Waals surface area contributed by atoms with Crippen molar-refractivity contribution in [3.05, 3.63) is 107 Å². The van der Waals surface area contributed by atoms with Crippen molar-refractivity contribution in [2.75, 3.05) is 6.61 Å². The van der Waals surface area contributed by atoms with Gasteiger partial charge in [0.25, 0.3) is 11.8 Å². The van der Waals surface area contributed by atoms with Crippen LogP contribution in [0, 0.1) is 0 Å². The summed E-state index contributed by atoms with van der Waals surface area (Å²) in [5, 5.41) is 10.6. The second kappa shape index (κ2) is 7.36. The Hall–Kier alpha value is -3.32. The highest BCUT2D eigenvalue weighted by molar-refractivity contribution is 6.20. The van der Waals surface area contributed by atoms with Gasteiger partial charge in [-0.2, -0.15) is 0 Å². The van der Waals surface area contributed by atoms with Crippen molar-refractivity contribution in [1.29, 1.82) is 0 Å². The maximum absolute atomic E-state index is 12.6. The van der Waals surface area contributed by atoms with E-state index in [4.69, 9.17) is 9.73 Å². The molecule has 1 heterocycles. The van der Waals surface area contributed by atoms with E-state index < -0.39 is 17.4 Å². The van der Waals surface area contributed by atoms with Crippen molar-refractivity contribution in [2.24, 2.45) is 0 Å². The van der Waals surface area contributed by atoms with E-state index in [-0.39, 0.29) is 17.7 Å². The highest BCUT2D eigenvalue weighted by atomic mass is 17.1. The number of amides is 2. The van der Waals surface area contributed by atoms with Crippen LogP contribution in [-0.2, 0) is 15.3 Å². The lowest BCUT2D eigenvalue weighted by molar-refractivity contribution is -0.333. The zero-order valence-corrected chi connectivity index (χ0v) is 14.8. The van der Waals surface area contributed by atoms with Crippen LogP contribution >= 0.6 is 0 Å². The summed E-state index contributed by atoms with van der Waals surface area (Å²) < 4.78 is 0. The smallest absolute Gasteiger partial charge is 0.266 e. The molecule has 0 saturated carbocycles. The second-order valence-corrected chi connectivity index (χ2v) is 6.37. The Morgan fingerprint density at radius 1 is 0.714 bits per heavy atom. The van der Waals surface area contributed by atoms with E-state index in [2.05, 4.69) is 0 Å². The van der Waals surface area contributed by atoms with Crippen molar-refractivity contribution >= 4 is 11.8 Å². The van der Waals surface area contributed by atoms with Crippen LogP contribution in [0.25, 0.3) is 0 Å². The van der Waals surface area contributed by atoms with Gasteiger partial charge in [-0.15, -0.1) is 5.06 Å². The molecule has 6 heteroatoms. The van der Waals surface area contributed by atoms with Gasteiger partial charge < -0.3 is 0 Å². The van der Waals surface area contributed by atoms with Crippen molar-refractivity contribution in [3.8, 4) is 0 Å². The quantitative estimate of drug-likeness (QED) is 0.404. The molecule has 1 N–H and O–H groups in total. The van der Waals surface area contributed by atoms with Gasteiger partial charge in [0.2, 0.25) is 0 Å². The maximum Gasteiger partial charge on any atom is 0.285 e. The molecule has 0 bridgehead atoms. The monoisotopic (exact) mass is 375 g/mol. The topological polar surface area (TPSA) is 76.1 Å². The van der Waals surface area contributed by atoms with Crippen molar-refractivity contribution in [1.82, 2.24) is 5.06 Å². The third-order valence-corrected chi connectivity index (χ3v) is 4.79. The molecule has 0 saturated heterocycles. The predicted molar refractivity (Wildman–Crippen MR) is 100 cm³/mol. The van der Waals surface area contributed by atoms with E-state index in [9.17, 15) is 14.8 Å². The number of carbonyl (C=O) groups is 2. The van der Waals surface area contributed by atoms with Crippen LogP contribution in [0.3, 0.4) is 0 Å². The van der Waals surface area contributed by atoms with Gasteiger partial charge in [-0.05, 0) is 23.3 Å². The van der Waals surface area contributed by atoms with Crippen LogP contribution in [0.1, 0.15) is 31.8 Å². The molecule has 4 rings (SSSR count). The fourth-order valence-electron chi connectivity index (χ4n) is 3.32. The first kappa shape index (κ1) is 18.1. The summed E-state index contributed by atoms with van der Waals surface area (Å²) in [5.41, 5.74) is 0.364. The lowest BCUT2D eigenvalue weighted by Crippen LogP contribution is -2.41. The van der Waals surface area contributed by atoms with Gasteiger partial charge in [-0.1, -0.05) is 72.8 Å². The molecule has 6 nitrogen and oxygen atoms in total. The Labute approximate surface area is 161 Å². The molecule has 2 amide bonds. The van der Waals surface area contributed by atoms with Crippen molar-refractivity contribution in [3.63, 3.8) is 0 Å². The predicted octanol–water partition coefficient (Wildman–Crippen LogP) is 3.65. The van der Waals surface area contributed by atoms with Crippen molar-refractivity contribution < 1.29 is 24.6 Å². The van der Waals surface area contributed by atoms with E-state index >= 15 is 0 Å². The molecule has 0 aliphatic carbocycles. The molecule has 140 valence electrons. The zero-order chi connectivity index (χ0) is 19.6. The number of fused-ring (bicyclic) bond motifs is 1. The highest BCUT2D eigenvalue weighted by Gasteiger charge is 2.42. The first-order valence-electron chi connectivity index (χ1n) is 8.72. The number of nitrogens with zero attached hydrogens (tertiary/aromatic N) is 1. The van der Waals surface area contributed by atoms with Gasteiger partial charge in [0.05, 0.1) is 11.1 Å². The minimum atomic E-state index is -1.42. The molecule has 0 radical (unpaired) electrons. The molecule has 0 unspecified atom stereocenters. The molecular formula is C22H17NO5. The fourth-order valence-corrected chi connectivity index (χ4v) is 3.32. The largest absolute Gasteiger partial charge is 0.285 e. The SMILES string of the molecule is O=C1c2ccccc2C(=O)N1OCC(OO)(c1ccccc1)c1ccccc1. The second-order valence-electron chi connectivity index (χ2n) is 6.37. The molecule has 0 aromatic heterocycles. The summed E-state index contributed by atoms with van der Waals surface area (Å²) in [4.78, 5) is 35.7. The summed E-state index contributed by atoms with van der Waals surface area (Å²) in [7, 11) is 0. The summed E-state index contributed by atoms with van der Waals surface area (Å²) in [6.07, 6.45) is 0. The van der Waals surface area contributed by atoms with Gasteiger partial charge in [0, 0.05) is 0 Å². The van der Waals surface area contributed by atoms with Crippen LogP contribution < -0.4 is 0 Å². The first-order valence-corrected chi connectivity index (χ1v) is 8.72. The van der Waals surface area contributed by atoms with Crippen LogP contribution in [0.4, 0.5) is 0 Å². The zero-order valence-electron chi connectivity index (χ0n) is 14.8. The minimum Gasteiger partial charge on any atom is -0.266 e. The normalized spacial score (nSPS) is 13.7. The number of hydrogen-bond donors (Lipinski definition) is 1. The number of hydroxylamine groups is 2. The molecule has 0 atom stereocenters. The third-order valence-electron chi connectivity index (χ3n) is 4.79. The van der Waals surface area contributed by atoms with E-state index in [0.29, 0.717) is 16.2 Å². The summed E-state index contributed by atoms with van der Waals surface area (Å²) in [6.45, 7) is -0.289. The standard InChI is InChI=1S/C22H17NO5/c24-20-18-13-7-8-14-19(18)21(25)23(20)27-15-22(28-26,16-9-3-1-4-10-16)17-11-5-2-6-12-17/h1-14,26H,15H2. The maximum atomic E-state index is 12.6. The fraction of sp³-hybridized carbons (Fsp3) is 0.0909. The Morgan fingerprint density at radius 2 is 1.14 bits per heavy atom. The van der Waals surface area contributed by atoms with Gasteiger partial charge >= 0.3 is 0 Å². The third kappa shape index (κ3) is 2.90. The highest BCUT2D eigenvalue weighted by Crippen LogP contribution is 2.34. The lowest BCUT2D eigenvalue weighted by atomic mass is 9.87. The Balaban J connectivity index is 1.68. The van der Waals surface area contributed by atoms with Crippen LogP contribution in [0.5, 0.6) is 0 Å². The number of hydrogen-bond acceptors (Lipinski definition) is 5. The van der Waals surface area contributed by atoms with Crippen LogP contribution in [0.15, 0.2) is 84.9 Å². The van der Waals surface area contributed by atoms with Crippen LogP contribution in [0.2, 0.25) is 0 Å². The summed E-state index contributed by atoms with van der Waals surface area (Å²) in [5.74, 6) is -1.10. The number of rotatable bonds is 6. The van der Waals surface area contributed by atoms with Crippen LogP contribution in [-0.4, -0.2) is 28.7 Å². The van der Waals surface area contributed by atoms with Crippen molar-refractivity contribution in [2.45, 2.75) is 5.60 Å². The van der Waals surface area contributed by atoms with Gasteiger partial charge in [-0.25, -0.2) is 4.89 Å². The average Bonchev–Trinajstić information content (AvgIpc) is 3.01. The Morgan fingerprint density at radius 3 is 1.57 bits per heavy atom. The summed E-state index contributed by atoms with van der Waals surface area (Å²) >= 11 is 0. The van der Waals surface area contributed by atoms with E-state index in [1.165, 1.54) is 0 Å².